The number of sulfonamides is 1. The molecule has 10 heteroatoms. The Morgan fingerprint density at radius 1 is 1.18 bits per heavy atom. The lowest BCUT2D eigenvalue weighted by Gasteiger charge is -2.34. The van der Waals surface area contributed by atoms with Crippen LogP contribution in [0.25, 0.3) is 0 Å². The highest BCUT2D eigenvalue weighted by Gasteiger charge is 2.34. The Labute approximate surface area is 198 Å². The minimum atomic E-state index is -3.81. The third kappa shape index (κ3) is 4.95. The topological polar surface area (TPSA) is 76.2 Å². The van der Waals surface area contributed by atoms with Crippen LogP contribution in [-0.4, -0.2) is 56.4 Å². The second-order valence-electron chi connectivity index (χ2n) is 8.05. The van der Waals surface area contributed by atoms with Crippen LogP contribution >= 0.6 is 11.6 Å². The Hall–Kier alpha value is -2.36. The summed E-state index contributed by atoms with van der Waals surface area (Å²) >= 11 is 5.76. The van der Waals surface area contributed by atoms with Crippen LogP contribution in [-0.2, 0) is 21.4 Å². The quantitative estimate of drug-likeness (QED) is 0.609. The molecule has 0 aromatic heterocycles. The van der Waals surface area contributed by atoms with E-state index in [0.29, 0.717) is 50.6 Å². The lowest BCUT2D eigenvalue weighted by atomic mass is 9.96. The number of nitrogens with zero attached hydrogens (tertiary/aromatic N) is 2. The lowest BCUT2D eigenvalue weighted by molar-refractivity contribution is -0.137. The Balaban J connectivity index is 1.41. The molecule has 0 radical (unpaired) electrons. The van der Waals surface area contributed by atoms with Crippen molar-refractivity contribution >= 4 is 27.5 Å². The smallest absolute Gasteiger partial charge is 0.243 e. The van der Waals surface area contributed by atoms with E-state index in [4.69, 9.17) is 21.1 Å². The number of ether oxygens (including phenoxy) is 2. The summed E-state index contributed by atoms with van der Waals surface area (Å²) in [5.74, 6) is 0.408. The summed E-state index contributed by atoms with van der Waals surface area (Å²) < 4.78 is 52.0. The zero-order chi connectivity index (χ0) is 23.6. The van der Waals surface area contributed by atoms with Gasteiger partial charge < -0.3 is 14.4 Å². The molecule has 0 saturated carbocycles. The molecular weight excluding hydrogens is 471 g/mol. The van der Waals surface area contributed by atoms with Crippen molar-refractivity contribution in [1.29, 1.82) is 0 Å². The minimum absolute atomic E-state index is 0.00583. The van der Waals surface area contributed by atoms with Crippen molar-refractivity contribution in [2.24, 2.45) is 5.92 Å². The molecule has 0 spiro atoms. The number of carbonyl (C=O) groups is 1. The molecule has 2 aromatic carbocycles. The van der Waals surface area contributed by atoms with Gasteiger partial charge >= 0.3 is 0 Å². The van der Waals surface area contributed by atoms with Crippen LogP contribution in [0, 0.1) is 11.7 Å². The molecule has 0 aliphatic carbocycles. The first-order chi connectivity index (χ1) is 15.8. The molecule has 2 aromatic rings. The van der Waals surface area contributed by atoms with Gasteiger partial charge in [-0.25, -0.2) is 12.8 Å². The fourth-order valence-electron chi connectivity index (χ4n) is 4.20. The third-order valence-corrected chi connectivity index (χ3v) is 8.22. The zero-order valence-electron chi connectivity index (χ0n) is 18.3. The number of para-hydroxylation sites is 1. The maximum Gasteiger partial charge on any atom is 0.243 e. The highest BCUT2D eigenvalue weighted by molar-refractivity contribution is 7.89. The maximum absolute atomic E-state index is 13.4. The van der Waals surface area contributed by atoms with Crippen LogP contribution < -0.4 is 9.47 Å². The van der Waals surface area contributed by atoms with Crippen LogP contribution in [0.1, 0.15) is 25.3 Å². The van der Waals surface area contributed by atoms with Gasteiger partial charge in [0.25, 0.3) is 0 Å². The largest absolute Gasteiger partial charge is 0.486 e. The predicted molar refractivity (Wildman–Crippen MR) is 121 cm³/mol. The number of hydrogen-bond donors (Lipinski definition) is 0. The fourth-order valence-corrected chi connectivity index (χ4v) is 5.94. The minimum Gasteiger partial charge on any atom is -0.486 e. The highest BCUT2D eigenvalue weighted by atomic mass is 35.5. The first-order valence-electron chi connectivity index (χ1n) is 10.9. The molecule has 1 fully saturated rings. The number of rotatable bonds is 6. The van der Waals surface area contributed by atoms with Gasteiger partial charge in [-0.05, 0) is 44.0 Å². The Bertz CT molecular complexity index is 1140. The average molecular weight is 497 g/mol. The third-order valence-electron chi connectivity index (χ3n) is 6.03. The summed E-state index contributed by atoms with van der Waals surface area (Å²) in [5.41, 5.74) is 0.885. The van der Waals surface area contributed by atoms with Gasteiger partial charge in [-0.3, -0.25) is 4.79 Å². The predicted octanol–water partition coefficient (Wildman–Crippen LogP) is 3.70. The number of carbonyl (C=O) groups excluding carboxylic acids is 1. The SMILES string of the molecule is CCN(Cc1cccc2c1OCCO2)C(=O)C1CCN(S(=O)(=O)c2ccc(F)c(Cl)c2)CC1. The van der Waals surface area contributed by atoms with Crippen LogP contribution in [0.5, 0.6) is 11.5 Å². The van der Waals surface area contributed by atoms with E-state index in [0.717, 1.165) is 17.7 Å². The van der Waals surface area contributed by atoms with E-state index in [1.165, 1.54) is 10.4 Å². The molecule has 0 bridgehead atoms. The zero-order valence-corrected chi connectivity index (χ0v) is 19.9. The molecule has 0 atom stereocenters. The Morgan fingerprint density at radius 3 is 2.61 bits per heavy atom. The monoisotopic (exact) mass is 496 g/mol. The maximum atomic E-state index is 13.4. The lowest BCUT2D eigenvalue weighted by Crippen LogP contribution is -2.44. The number of fused-ring (bicyclic) bond motifs is 1. The number of amides is 1. The molecule has 2 aliphatic heterocycles. The van der Waals surface area contributed by atoms with Gasteiger partial charge in [0.2, 0.25) is 15.9 Å². The van der Waals surface area contributed by atoms with Gasteiger partial charge in [-0.2, -0.15) is 4.31 Å². The Morgan fingerprint density at radius 2 is 1.91 bits per heavy atom. The molecule has 33 heavy (non-hydrogen) atoms. The molecule has 4 rings (SSSR count). The summed E-state index contributed by atoms with van der Waals surface area (Å²) in [6.07, 6.45) is 0.825. The van der Waals surface area contributed by atoms with E-state index in [1.807, 2.05) is 25.1 Å². The summed E-state index contributed by atoms with van der Waals surface area (Å²) in [6.45, 7) is 4.23. The molecule has 2 heterocycles. The second-order valence-corrected chi connectivity index (χ2v) is 10.4. The van der Waals surface area contributed by atoms with Crippen molar-refractivity contribution in [1.82, 2.24) is 9.21 Å². The number of halogens is 2. The Kier molecular flexibility index (Phi) is 7.11. The summed E-state index contributed by atoms with van der Waals surface area (Å²) in [4.78, 5) is 15.0. The van der Waals surface area contributed by atoms with Crippen molar-refractivity contribution in [3.8, 4) is 11.5 Å². The standard InChI is InChI=1S/C23H26ClFN2O5S/c1-2-26(15-17-4-3-5-21-22(17)32-13-12-31-21)23(28)16-8-10-27(11-9-16)33(29,30)18-6-7-20(25)19(24)14-18/h3-7,14,16H,2,8-13,15H2,1H3. The second kappa shape index (κ2) is 9.87. The molecule has 2 aliphatic rings. The van der Waals surface area contributed by atoms with Crippen molar-refractivity contribution in [3.63, 3.8) is 0 Å². The van der Waals surface area contributed by atoms with Gasteiger partial charge in [-0.15, -0.1) is 0 Å². The first kappa shape index (κ1) is 23.8. The normalized spacial score (nSPS) is 17.1. The van der Waals surface area contributed by atoms with E-state index >= 15 is 0 Å². The number of hydrogen-bond acceptors (Lipinski definition) is 5. The molecule has 1 saturated heterocycles. The average Bonchev–Trinajstić information content (AvgIpc) is 2.84. The van der Waals surface area contributed by atoms with Gasteiger partial charge in [0.15, 0.2) is 11.5 Å². The highest BCUT2D eigenvalue weighted by Crippen LogP contribution is 2.35. The number of piperidine rings is 1. The van der Waals surface area contributed by atoms with Crippen molar-refractivity contribution in [2.75, 3.05) is 32.8 Å². The summed E-state index contributed by atoms with van der Waals surface area (Å²) in [5, 5.41) is -0.239. The van der Waals surface area contributed by atoms with Crippen LogP contribution in [0.2, 0.25) is 5.02 Å². The van der Waals surface area contributed by atoms with Gasteiger partial charge in [0.05, 0.1) is 9.92 Å². The van der Waals surface area contributed by atoms with E-state index in [2.05, 4.69) is 0 Å². The van der Waals surface area contributed by atoms with Crippen molar-refractivity contribution < 1.29 is 27.1 Å². The van der Waals surface area contributed by atoms with E-state index in [1.54, 1.807) is 4.90 Å². The van der Waals surface area contributed by atoms with E-state index in [-0.39, 0.29) is 34.8 Å². The molecule has 7 nitrogen and oxygen atoms in total. The van der Waals surface area contributed by atoms with Crippen molar-refractivity contribution in [3.05, 3.63) is 52.8 Å². The van der Waals surface area contributed by atoms with Gasteiger partial charge in [-0.1, -0.05) is 23.7 Å². The van der Waals surface area contributed by atoms with E-state index in [9.17, 15) is 17.6 Å². The van der Waals surface area contributed by atoms with Gasteiger partial charge in [0.1, 0.15) is 19.0 Å². The van der Waals surface area contributed by atoms with Gasteiger partial charge in [0, 0.05) is 37.7 Å². The first-order valence-corrected chi connectivity index (χ1v) is 12.7. The van der Waals surface area contributed by atoms with E-state index < -0.39 is 15.8 Å². The summed E-state index contributed by atoms with van der Waals surface area (Å²) in [7, 11) is -3.81. The van der Waals surface area contributed by atoms with Crippen LogP contribution in [0.3, 0.4) is 0 Å². The van der Waals surface area contributed by atoms with Crippen LogP contribution in [0.4, 0.5) is 4.39 Å². The molecular formula is C23H26ClFN2O5S. The summed E-state index contributed by atoms with van der Waals surface area (Å²) in [6, 6.07) is 9.02. The molecule has 0 N–H and O–H groups in total. The van der Waals surface area contributed by atoms with Crippen molar-refractivity contribution in [2.45, 2.75) is 31.2 Å². The van der Waals surface area contributed by atoms with Crippen LogP contribution in [0.15, 0.2) is 41.3 Å². The molecule has 0 unspecified atom stereocenters. The number of benzene rings is 2. The fraction of sp³-hybridized carbons (Fsp3) is 0.435. The molecule has 1 amide bonds. The molecule has 178 valence electrons.